The predicted octanol–water partition coefficient (Wildman–Crippen LogP) is 5.37. The summed E-state index contributed by atoms with van der Waals surface area (Å²) in [6.45, 7) is 3.08. The van der Waals surface area contributed by atoms with Gasteiger partial charge < -0.3 is 0 Å². The molecular weight excluding hydrogens is 309 g/mol. The van der Waals surface area contributed by atoms with Crippen molar-refractivity contribution in [3.8, 4) is 0 Å². The van der Waals surface area contributed by atoms with Crippen molar-refractivity contribution in [3.05, 3.63) is 76.6 Å². The maximum absolute atomic E-state index is 13.3. The minimum absolute atomic E-state index is 0.129. The summed E-state index contributed by atoms with van der Waals surface area (Å²) in [5, 5.41) is 0.765. The molecule has 0 bridgehead atoms. The molecule has 1 saturated heterocycles. The average Bonchev–Trinajstić information content (AvgIpc) is 2.57. The van der Waals surface area contributed by atoms with Crippen LogP contribution in [0.15, 0.2) is 54.6 Å². The lowest BCUT2D eigenvalue weighted by atomic mass is 9.89. The first-order valence-electron chi connectivity index (χ1n) is 8.10. The number of rotatable bonds is 4. The molecule has 1 nitrogen and oxygen atoms in total. The molecule has 0 unspecified atom stereocenters. The van der Waals surface area contributed by atoms with Gasteiger partial charge in [-0.05, 0) is 67.2 Å². The van der Waals surface area contributed by atoms with Gasteiger partial charge in [-0.3, -0.25) is 4.90 Å². The fourth-order valence-corrected chi connectivity index (χ4v) is 3.25. The van der Waals surface area contributed by atoms with E-state index in [0.717, 1.165) is 43.1 Å². The second-order valence-corrected chi connectivity index (χ2v) is 6.52. The predicted molar refractivity (Wildman–Crippen MR) is 95.3 cm³/mol. The van der Waals surface area contributed by atoms with Crippen LogP contribution in [-0.4, -0.2) is 24.5 Å². The molecule has 0 spiro atoms. The number of hydrogen-bond acceptors (Lipinski definition) is 1. The lowest BCUT2D eigenvalue weighted by molar-refractivity contribution is 0.232. The van der Waals surface area contributed by atoms with Crippen LogP contribution >= 0.6 is 11.6 Å². The van der Waals surface area contributed by atoms with E-state index < -0.39 is 0 Å². The summed E-state index contributed by atoms with van der Waals surface area (Å²) < 4.78 is 13.3. The van der Waals surface area contributed by atoms with Crippen LogP contribution in [-0.2, 0) is 0 Å². The third kappa shape index (κ3) is 4.66. The highest BCUT2D eigenvalue weighted by Crippen LogP contribution is 2.28. The van der Waals surface area contributed by atoms with Gasteiger partial charge in [-0.1, -0.05) is 48.0 Å². The summed E-state index contributed by atoms with van der Waals surface area (Å²) in [6.07, 6.45) is 6.53. The normalized spacial score (nSPS) is 17.0. The third-order valence-electron chi connectivity index (χ3n) is 4.45. The SMILES string of the molecule is Fc1cccc(C2CCN(C/C=C/c3ccc(Cl)cc3)CC2)c1. The second kappa shape index (κ2) is 7.76. The first-order valence-corrected chi connectivity index (χ1v) is 8.48. The highest BCUT2D eigenvalue weighted by molar-refractivity contribution is 6.30. The van der Waals surface area contributed by atoms with Crippen molar-refractivity contribution >= 4 is 17.7 Å². The van der Waals surface area contributed by atoms with Gasteiger partial charge in [0.25, 0.3) is 0 Å². The number of piperidine rings is 1. The van der Waals surface area contributed by atoms with E-state index in [-0.39, 0.29) is 5.82 Å². The standard InChI is InChI=1S/C20H21ClFN/c21-19-8-6-16(7-9-19)3-2-12-23-13-10-17(11-14-23)18-4-1-5-20(22)15-18/h1-9,15,17H,10-14H2/b3-2+. The smallest absolute Gasteiger partial charge is 0.123 e. The molecule has 0 atom stereocenters. The van der Waals surface area contributed by atoms with Crippen molar-refractivity contribution in [3.63, 3.8) is 0 Å². The Morgan fingerprint density at radius 3 is 2.52 bits per heavy atom. The molecule has 1 aliphatic rings. The zero-order valence-corrected chi connectivity index (χ0v) is 13.8. The van der Waals surface area contributed by atoms with Gasteiger partial charge in [0.2, 0.25) is 0 Å². The Labute approximate surface area is 142 Å². The maximum atomic E-state index is 13.3. The molecule has 0 radical (unpaired) electrons. The van der Waals surface area contributed by atoms with Crippen LogP contribution in [0.25, 0.3) is 6.08 Å². The first kappa shape index (κ1) is 16.2. The molecular formula is C20H21ClFN. The van der Waals surface area contributed by atoms with E-state index in [9.17, 15) is 4.39 Å². The largest absolute Gasteiger partial charge is 0.300 e. The second-order valence-electron chi connectivity index (χ2n) is 6.08. The van der Waals surface area contributed by atoms with Crippen LogP contribution in [0.3, 0.4) is 0 Å². The summed E-state index contributed by atoms with van der Waals surface area (Å²) in [5.74, 6) is 0.359. The van der Waals surface area contributed by atoms with E-state index in [2.05, 4.69) is 17.1 Å². The van der Waals surface area contributed by atoms with Gasteiger partial charge in [-0.25, -0.2) is 4.39 Å². The van der Waals surface area contributed by atoms with Gasteiger partial charge in [0.05, 0.1) is 0 Å². The summed E-state index contributed by atoms with van der Waals surface area (Å²) >= 11 is 5.89. The van der Waals surface area contributed by atoms with Crippen molar-refractivity contribution < 1.29 is 4.39 Å². The van der Waals surface area contributed by atoms with Crippen LogP contribution in [0, 0.1) is 5.82 Å². The third-order valence-corrected chi connectivity index (χ3v) is 4.70. The van der Waals surface area contributed by atoms with Gasteiger partial charge in [-0.15, -0.1) is 0 Å². The maximum Gasteiger partial charge on any atom is 0.123 e. The van der Waals surface area contributed by atoms with Crippen LogP contribution in [0.2, 0.25) is 5.02 Å². The van der Waals surface area contributed by atoms with Gasteiger partial charge in [0, 0.05) is 11.6 Å². The molecule has 2 aromatic rings. The summed E-state index contributed by atoms with van der Waals surface area (Å²) in [4.78, 5) is 2.45. The number of nitrogens with zero attached hydrogens (tertiary/aromatic N) is 1. The Kier molecular flexibility index (Phi) is 5.47. The molecule has 23 heavy (non-hydrogen) atoms. The molecule has 1 heterocycles. The molecule has 0 aliphatic carbocycles. The van der Waals surface area contributed by atoms with E-state index in [1.807, 2.05) is 36.4 Å². The zero-order valence-electron chi connectivity index (χ0n) is 13.1. The van der Waals surface area contributed by atoms with Crippen molar-refractivity contribution in [1.82, 2.24) is 4.90 Å². The van der Waals surface area contributed by atoms with Gasteiger partial charge in [0.15, 0.2) is 0 Å². The summed E-state index contributed by atoms with van der Waals surface area (Å²) in [6, 6.07) is 14.9. The van der Waals surface area contributed by atoms with E-state index >= 15 is 0 Å². The topological polar surface area (TPSA) is 3.24 Å². The first-order chi connectivity index (χ1) is 11.2. The summed E-state index contributed by atoms with van der Waals surface area (Å²) in [7, 11) is 0. The average molecular weight is 330 g/mol. The van der Waals surface area contributed by atoms with E-state index in [1.165, 1.54) is 11.6 Å². The van der Waals surface area contributed by atoms with Crippen molar-refractivity contribution in [2.24, 2.45) is 0 Å². The molecule has 0 saturated carbocycles. The Balaban J connectivity index is 1.48. The lowest BCUT2D eigenvalue weighted by Crippen LogP contribution is -2.33. The fraction of sp³-hybridized carbons (Fsp3) is 0.300. The number of benzene rings is 2. The molecule has 1 aliphatic heterocycles. The molecule has 0 amide bonds. The molecule has 0 aromatic heterocycles. The van der Waals surface area contributed by atoms with Crippen LogP contribution in [0.4, 0.5) is 4.39 Å². The van der Waals surface area contributed by atoms with Crippen LogP contribution in [0.5, 0.6) is 0 Å². The van der Waals surface area contributed by atoms with Gasteiger partial charge in [-0.2, -0.15) is 0 Å². The molecule has 120 valence electrons. The minimum Gasteiger partial charge on any atom is -0.300 e. The summed E-state index contributed by atoms with van der Waals surface area (Å²) in [5.41, 5.74) is 2.31. The Morgan fingerprint density at radius 2 is 1.83 bits per heavy atom. The quantitative estimate of drug-likeness (QED) is 0.728. The molecule has 0 N–H and O–H groups in total. The van der Waals surface area contributed by atoms with Gasteiger partial charge in [0.1, 0.15) is 5.82 Å². The number of likely N-dealkylation sites (tertiary alicyclic amines) is 1. The van der Waals surface area contributed by atoms with Crippen LogP contribution in [0.1, 0.15) is 29.9 Å². The van der Waals surface area contributed by atoms with Gasteiger partial charge >= 0.3 is 0 Å². The zero-order chi connectivity index (χ0) is 16.1. The molecule has 3 rings (SSSR count). The lowest BCUT2D eigenvalue weighted by Gasteiger charge is -2.31. The Bertz CT molecular complexity index is 658. The molecule has 1 fully saturated rings. The van der Waals surface area contributed by atoms with E-state index in [4.69, 9.17) is 11.6 Å². The van der Waals surface area contributed by atoms with E-state index in [0.29, 0.717) is 5.92 Å². The molecule has 3 heteroatoms. The Morgan fingerprint density at radius 1 is 1.09 bits per heavy atom. The van der Waals surface area contributed by atoms with E-state index in [1.54, 1.807) is 6.07 Å². The molecule has 2 aromatic carbocycles. The Hall–Kier alpha value is -1.64. The fourth-order valence-electron chi connectivity index (χ4n) is 3.12. The van der Waals surface area contributed by atoms with Crippen molar-refractivity contribution in [2.75, 3.05) is 19.6 Å². The number of halogens is 2. The van der Waals surface area contributed by atoms with Crippen LogP contribution < -0.4 is 0 Å². The highest BCUT2D eigenvalue weighted by Gasteiger charge is 2.19. The number of hydrogen-bond donors (Lipinski definition) is 0. The minimum atomic E-state index is -0.129. The van der Waals surface area contributed by atoms with Crippen molar-refractivity contribution in [2.45, 2.75) is 18.8 Å². The van der Waals surface area contributed by atoms with Crippen molar-refractivity contribution in [1.29, 1.82) is 0 Å². The highest BCUT2D eigenvalue weighted by atomic mass is 35.5. The monoisotopic (exact) mass is 329 g/mol.